The molecule has 172 valence electrons. The first-order valence-corrected chi connectivity index (χ1v) is 11.5. The van der Waals surface area contributed by atoms with E-state index in [1.807, 2.05) is 37.5 Å². The maximum atomic E-state index is 12.2. The Balaban J connectivity index is 1.85. The Morgan fingerprint density at radius 3 is 2.66 bits per heavy atom. The monoisotopic (exact) mass is 435 g/mol. The van der Waals surface area contributed by atoms with Crippen LogP contribution in [0, 0.1) is 0 Å². The van der Waals surface area contributed by atoms with Gasteiger partial charge in [0.15, 0.2) is 0 Å². The van der Waals surface area contributed by atoms with Crippen LogP contribution in [-0.2, 0) is 11.3 Å². The Morgan fingerprint density at radius 1 is 1.16 bits per heavy atom. The molecular weight excluding hydrogens is 398 g/mol. The molecule has 0 bridgehead atoms. The fraction of sp³-hybridized carbons (Fsp3) is 0.407. The molecule has 1 aromatic carbocycles. The predicted octanol–water partition coefficient (Wildman–Crippen LogP) is 5.25. The molecule has 0 fully saturated rings. The number of unbranched alkanes of at least 4 members (excludes halogenated alkanes) is 3. The molecule has 32 heavy (non-hydrogen) atoms. The number of likely N-dealkylation sites (N-methyl/N-ethyl adjacent to an activating group) is 1. The number of methoxy groups -OCH3 is 1. The molecule has 0 atom stereocenters. The van der Waals surface area contributed by atoms with Crippen LogP contribution < -0.4 is 10.1 Å². The zero-order valence-electron chi connectivity index (χ0n) is 19.7. The lowest BCUT2D eigenvalue weighted by molar-refractivity contribution is -0.116. The van der Waals surface area contributed by atoms with E-state index in [0.717, 1.165) is 37.2 Å². The van der Waals surface area contributed by atoms with Crippen LogP contribution in [0.3, 0.4) is 0 Å². The lowest BCUT2D eigenvalue weighted by Crippen LogP contribution is -2.31. The van der Waals surface area contributed by atoms with Crippen molar-refractivity contribution in [2.45, 2.75) is 45.6 Å². The topological polar surface area (TPSA) is 54.5 Å². The van der Waals surface area contributed by atoms with Crippen LogP contribution in [0.25, 0.3) is 5.57 Å². The number of nitrogens with zero attached hydrogens (tertiary/aromatic N) is 2. The van der Waals surface area contributed by atoms with E-state index in [1.165, 1.54) is 30.4 Å². The third kappa shape index (κ3) is 9.92. The molecule has 1 N–H and O–H groups in total. The SMILES string of the molecule is CCCCCCC(=CC=CC(=O)NCCN(C)Cc1cccnc1)c1ccc(OC)cc1. The summed E-state index contributed by atoms with van der Waals surface area (Å²) in [5.74, 6) is 0.776. The Bertz CT molecular complexity index is 845. The van der Waals surface area contributed by atoms with Crippen molar-refractivity contribution in [1.82, 2.24) is 15.2 Å². The third-order valence-electron chi connectivity index (χ3n) is 5.27. The number of nitrogens with one attached hydrogen (secondary N) is 1. The molecular formula is C27H37N3O2. The summed E-state index contributed by atoms with van der Waals surface area (Å²) >= 11 is 0. The van der Waals surface area contributed by atoms with Crippen molar-refractivity contribution >= 4 is 11.5 Å². The fourth-order valence-electron chi connectivity index (χ4n) is 3.43. The zero-order valence-corrected chi connectivity index (χ0v) is 19.7. The minimum Gasteiger partial charge on any atom is -0.497 e. The standard InChI is InChI=1S/C27H37N3O2/c1-4-5-6-7-11-24(25-14-16-26(32-3)17-15-25)12-8-13-27(31)29-19-20-30(2)22-23-10-9-18-28-21-23/h8-10,12-18,21H,4-7,11,19-20,22H2,1-3H3,(H,29,31). The molecule has 0 saturated carbocycles. The number of hydrogen-bond acceptors (Lipinski definition) is 4. The van der Waals surface area contributed by atoms with Crippen LogP contribution >= 0.6 is 0 Å². The van der Waals surface area contributed by atoms with Gasteiger partial charge in [0.05, 0.1) is 7.11 Å². The number of carbonyl (C=O) groups is 1. The maximum absolute atomic E-state index is 12.2. The lowest BCUT2D eigenvalue weighted by Gasteiger charge is -2.16. The molecule has 0 aliphatic carbocycles. The highest BCUT2D eigenvalue weighted by Crippen LogP contribution is 2.24. The Morgan fingerprint density at radius 2 is 1.97 bits per heavy atom. The van der Waals surface area contributed by atoms with Crippen LogP contribution in [0.5, 0.6) is 5.75 Å². The third-order valence-corrected chi connectivity index (χ3v) is 5.27. The highest BCUT2D eigenvalue weighted by atomic mass is 16.5. The molecule has 0 unspecified atom stereocenters. The van der Waals surface area contributed by atoms with Gasteiger partial charge in [-0.2, -0.15) is 0 Å². The van der Waals surface area contributed by atoms with Crippen molar-refractivity contribution in [2.75, 3.05) is 27.2 Å². The van der Waals surface area contributed by atoms with Crippen molar-refractivity contribution in [3.63, 3.8) is 0 Å². The van der Waals surface area contributed by atoms with Gasteiger partial charge in [-0.1, -0.05) is 56.5 Å². The van der Waals surface area contributed by atoms with E-state index in [0.29, 0.717) is 6.54 Å². The summed E-state index contributed by atoms with van der Waals surface area (Å²) in [4.78, 5) is 18.5. The van der Waals surface area contributed by atoms with Crippen LogP contribution in [0.4, 0.5) is 0 Å². The van der Waals surface area contributed by atoms with Gasteiger partial charge < -0.3 is 15.0 Å². The minimum absolute atomic E-state index is 0.0731. The summed E-state index contributed by atoms with van der Waals surface area (Å²) in [7, 11) is 3.71. The summed E-state index contributed by atoms with van der Waals surface area (Å²) in [5, 5.41) is 2.96. The van der Waals surface area contributed by atoms with Gasteiger partial charge in [0.25, 0.3) is 0 Å². The fourth-order valence-corrected chi connectivity index (χ4v) is 3.43. The molecule has 0 spiro atoms. The van der Waals surface area contributed by atoms with E-state index in [2.05, 4.69) is 46.4 Å². The molecule has 0 aliphatic rings. The maximum Gasteiger partial charge on any atom is 0.244 e. The van der Waals surface area contributed by atoms with Gasteiger partial charge in [0.2, 0.25) is 5.91 Å². The highest BCUT2D eigenvalue weighted by molar-refractivity contribution is 5.88. The highest BCUT2D eigenvalue weighted by Gasteiger charge is 2.03. The molecule has 1 heterocycles. The van der Waals surface area contributed by atoms with E-state index in [-0.39, 0.29) is 5.91 Å². The minimum atomic E-state index is -0.0731. The summed E-state index contributed by atoms with van der Waals surface area (Å²) in [5.41, 5.74) is 3.57. The summed E-state index contributed by atoms with van der Waals surface area (Å²) in [6.45, 7) is 4.41. The van der Waals surface area contributed by atoms with Crippen LogP contribution in [0.15, 0.2) is 67.0 Å². The molecule has 1 amide bonds. The van der Waals surface area contributed by atoms with Crippen molar-refractivity contribution in [3.05, 3.63) is 78.1 Å². The number of rotatable bonds is 14. The molecule has 0 aliphatic heterocycles. The van der Waals surface area contributed by atoms with Crippen molar-refractivity contribution < 1.29 is 9.53 Å². The van der Waals surface area contributed by atoms with Crippen molar-refractivity contribution in [1.29, 1.82) is 0 Å². The van der Waals surface area contributed by atoms with Gasteiger partial charge in [-0.25, -0.2) is 0 Å². The smallest absolute Gasteiger partial charge is 0.244 e. The average Bonchev–Trinajstić information content (AvgIpc) is 2.81. The molecule has 2 aromatic rings. The lowest BCUT2D eigenvalue weighted by atomic mass is 9.98. The number of benzene rings is 1. The van der Waals surface area contributed by atoms with Gasteiger partial charge in [0.1, 0.15) is 5.75 Å². The number of hydrogen-bond donors (Lipinski definition) is 1. The normalized spacial score (nSPS) is 11.8. The number of pyridine rings is 1. The largest absolute Gasteiger partial charge is 0.497 e. The van der Waals surface area contributed by atoms with Gasteiger partial charge in [-0.3, -0.25) is 9.78 Å². The van der Waals surface area contributed by atoms with E-state index in [1.54, 1.807) is 19.4 Å². The Labute approximate surface area is 193 Å². The summed E-state index contributed by atoms with van der Waals surface area (Å²) in [6, 6.07) is 12.1. The second-order valence-electron chi connectivity index (χ2n) is 7.98. The number of carbonyl (C=O) groups excluding carboxylic acids is 1. The first-order chi connectivity index (χ1) is 15.6. The van der Waals surface area contributed by atoms with Crippen LogP contribution in [0.2, 0.25) is 0 Å². The van der Waals surface area contributed by atoms with E-state index < -0.39 is 0 Å². The molecule has 5 nitrogen and oxygen atoms in total. The van der Waals surface area contributed by atoms with Crippen molar-refractivity contribution in [2.24, 2.45) is 0 Å². The number of aromatic nitrogens is 1. The van der Waals surface area contributed by atoms with Crippen LogP contribution in [-0.4, -0.2) is 43.0 Å². The first-order valence-electron chi connectivity index (χ1n) is 11.5. The number of allylic oxidation sites excluding steroid dienone is 3. The molecule has 1 aromatic heterocycles. The summed E-state index contributed by atoms with van der Waals surface area (Å²) < 4.78 is 5.27. The Hall–Kier alpha value is -2.92. The van der Waals surface area contributed by atoms with Crippen molar-refractivity contribution in [3.8, 4) is 5.75 Å². The van der Waals surface area contributed by atoms with Crippen LogP contribution in [0.1, 0.15) is 50.2 Å². The van der Waals surface area contributed by atoms with E-state index in [4.69, 9.17) is 4.74 Å². The Kier molecular flexibility index (Phi) is 11.9. The van der Waals surface area contributed by atoms with Gasteiger partial charge >= 0.3 is 0 Å². The molecule has 0 radical (unpaired) electrons. The second-order valence-corrected chi connectivity index (χ2v) is 7.98. The number of ether oxygens (including phenoxy) is 1. The predicted molar refractivity (Wildman–Crippen MR) is 132 cm³/mol. The molecule has 2 rings (SSSR count). The molecule has 5 heteroatoms. The first kappa shape index (κ1) is 25.3. The van der Waals surface area contributed by atoms with E-state index >= 15 is 0 Å². The van der Waals surface area contributed by atoms with E-state index in [9.17, 15) is 4.79 Å². The van der Waals surface area contributed by atoms with Gasteiger partial charge in [0, 0.05) is 38.1 Å². The summed E-state index contributed by atoms with van der Waals surface area (Å²) in [6.07, 6.45) is 15.0. The second kappa shape index (κ2) is 15.0. The number of amides is 1. The molecule has 0 saturated heterocycles. The van der Waals surface area contributed by atoms with Gasteiger partial charge in [-0.05, 0) is 54.8 Å². The quantitative estimate of drug-likeness (QED) is 0.250. The zero-order chi connectivity index (χ0) is 23.0. The van der Waals surface area contributed by atoms with Gasteiger partial charge in [-0.15, -0.1) is 0 Å². The average molecular weight is 436 g/mol.